The van der Waals surface area contributed by atoms with Crippen LogP contribution in [0.15, 0.2) is 11.6 Å². The maximum absolute atomic E-state index is 10.3. The topological polar surface area (TPSA) is 94.8 Å². The largest absolute Gasteiger partial charge is 0.481 e. The lowest BCUT2D eigenvalue weighted by Crippen LogP contribution is -2.06. The second-order valence-electron chi connectivity index (χ2n) is 2.12. The van der Waals surface area contributed by atoms with Crippen LogP contribution < -0.4 is 0 Å². The number of hydrogen-bond donors (Lipinski definition) is 3. The number of carboxylic acids is 2. The van der Waals surface area contributed by atoms with Crippen LogP contribution in [0.1, 0.15) is 12.8 Å². The van der Waals surface area contributed by atoms with E-state index >= 15 is 0 Å². The molecule has 0 saturated carbocycles. The lowest BCUT2D eigenvalue weighted by Gasteiger charge is -1.96. The molecule has 0 aromatic rings. The molecule has 0 aliphatic carbocycles. The molecule has 68 valence electrons. The van der Waals surface area contributed by atoms with Crippen molar-refractivity contribution >= 4 is 11.9 Å². The third-order valence-corrected chi connectivity index (χ3v) is 1.14. The zero-order valence-corrected chi connectivity index (χ0v) is 6.36. The highest BCUT2D eigenvalue weighted by Gasteiger charge is 2.10. The first kappa shape index (κ1) is 10.6. The lowest BCUT2D eigenvalue weighted by atomic mass is 10.1. The SMILES string of the molecule is O=C(O)CC(=CCCO)C(=O)O. The average molecular weight is 174 g/mol. The predicted molar refractivity (Wildman–Crippen MR) is 39.7 cm³/mol. The fourth-order valence-corrected chi connectivity index (χ4v) is 0.637. The molecule has 0 aromatic carbocycles. The predicted octanol–water partition coefficient (Wildman–Crippen LogP) is -0.145. The van der Waals surface area contributed by atoms with Gasteiger partial charge in [-0.05, 0) is 6.42 Å². The van der Waals surface area contributed by atoms with E-state index in [-0.39, 0.29) is 18.6 Å². The second kappa shape index (κ2) is 5.31. The van der Waals surface area contributed by atoms with Crippen LogP contribution in [0.5, 0.6) is 0 Å². The summed E-state index contributed by atoms with van der Waals surface area (Å²) in [5.41, 5.74) is -0.198. The fraction of sp³-hybridized carbons (Fsp3) is 0.429. The van der Waals surface area contributed by atoms with Crippen LogP contribution >= 0.6 is 0 Å². The van der Waals surface area contributed by atoms with Gasteiger partial charge in [0.15, 0.2) is 0 Å². The van der Waals surface area contributed by atoms with Crippen molar-refractivity contribution in [3.05, 3.63) is 11.6 Å². The monoisotopic (exact) mass is 174 g/mol. The molecule has 0 amide bonds. The van der Waals surface area contributed by atoms with Crippen LogP contribution in [0, 0.1) is 0 Å². The van der Waals surface area contributed by atoms with Gasteiger partial charge in [0.1, 0.15) is 0 Å². The van der Waals surface area contributed by atoms with Gasteiger partial charge in [0, 0.05) is 12.2 Å². The van der Waals surface area contributed by atoms with Gasteiger partial charge < -0.3 is 15.3 Å². The highest BCUT2D eigenvalue weighted by atomic mass is 16.4. The number of carboxylic acid groups (broad SMARTS) is 2. The van der Waals surface area contributed by atoms with Crippen LogP contribution in [0.25, 0.3) is 0 Å². The minimum atomic E-state index is -1.26. The summed E-state index contributed by atoms with van der Waals surface area (Å²) in [6.07, 6.45) is 0.848. The molecule has 0 rings (SSSR count). The Bertz CT molecular complexity index is 206. The third-order valence-electron chi connectivity index (χ3n) is 1.14. The van der Waals surface area contributed by atoms with E-state index in [1.165, 1.54) is 6.08 Å². The minimum Gasteiger partial charge on any atom is -0.481 e. The van der Waals surface area contributed by atoms with E-state index in [2.05, 4.69) is 0 Å². The van der Waals surface area contributed by atoms with E-state index in [0.717, 1.165) is 0 Å². The average Bonchev–Trinajstić information content (AvgIpc) is 1.96. The minimum absolute atomic E-state index is 0.162. The Kier molecular flexibility index (Phi) is 4.71. The van der Waals surface area contributed by atoms with E-state index in [0.29, 0.717) is 0 Å². The van der Waals surface area contributed by atoms with Crippen molar-refractivity contribution in [3.63, 3.8) is 0 Å². The third kappa shape index (κ3) is 4.45. The van der Waals surface area contributed by atoms with Gasteiger partial charge in [0.25, 0.3) is 0 Å². The van der Waals surface area contributed by atoms with Crippen molar-refractivity contribution in [2.75, 3.05) is 6.61 Å². The zero-order chi connectivity index (χ0) is 9.56. The molecule has 0 radical (unpaired) electrons. The van der Waals surface area contributed by atoms with Crippen LogP contribution in [0.3, 0.4) is 0 Å². The summed E-state index contributed by atoms with van der Waals surface area (Å²) in [7, 11) is 0. The number of carbonyl (C=O) groups is 2. The van der Waals surface area contributed by atoms with Crippen molar-refractivity contribution in [2.24, 2.45) is 0 Å². The Morgan fingerprint density at radius 1 is 1.25 bits per heavy atom. The highest BCUT2D eigenvalue weighted by molar-refractivity contribution is 5.91. The Balaban J connectivity index is 4.22. The quantitative estimate of drug-likeness (QED) is 0.504. The Morgan fingerprint density at radius 3 is 2.17 bits per heavy atom. The van der Waals surface area contributed by atoms with Crippen LogP contribution in [0.2, 0.25) is 0 Å². The molecule has 12 heavy (non-hydrogen) atoms. The van der Waals surface area contributed by atoms with Gasteiger partial charge in [-0.25, -0.2) is 4.79 Å². The number of rotatable bonds is 5. The summed E-state index contributed by atoms with van der Waals surface area (Å²) >= 11 is 0. The molecule has 5 heteroatoms. The van der Waals surface area contributed by atoms with E-state index in [1.807, 2.05) is 0 Å². The first-order chi connectivity index (χ1) is 5.57. The van der Waals surface area contributed by atoms with E-state index in [4.69, 9.17) is 15.3 Å². The number of aliphatic hydroxyl groups is 1. The normalized spacial score (nSPS) is 11.2. The van der Waals surface area contributed by atoms with Gasteiger partial charge >= 0.3 is 11.9 Å². The van der Waals surface area contributed by atoms with Gasteiger partial charge in [0.2, 0.25) is 0 Å². The molecule has 3 N–H and O–H groups in total. The molecular weight excluding hydrogens is 164 g/mol. The van der Waals surface area contributed by atoms with Crippen molar-refractivity contribution in [1.29, 1.82) is 0 Å². The summed E-state index contributed by atoms with van der Waals surface area (Å²) in [6, 6.07) is 0. The van der Waals surface area contributed by atoms with E-state index in [1.54, 1.807) is 0 Å². The van der Waals surface area contributed by atoms with Gasteiger partial charge in [0.05, 0.1) is 6.42 Å². The highest BCUT2D eigenvalue weighted by Crippen LogP contribution is 2.02. The lowest BCUT2D eigenvalue weighted by molar-refractivity contribution is -0.139. The van der Waals surface area contributed by atoms with Crippen molar-refractivity contribution in [3.8, 4) is 0 Å². The summed E-state index contributed by atoms with van der Waals surface area (Å²) in [5, 5.41) is 25.0. The fourth-order valence-electron chi connectivity index (χ4n) is 0.637. The summed E-state index contributed by atoms with van der Waals surface area (Å²) < 4.78 is 0. The molecule has 0 atom stereocenters. The van der Waals surface area contributed by atoms with Gasteiger partial charge in [-0.15, -0.1) is 0 Å². The molecule has 0 aliphatic heterocycles. The number of aliphatic carboxylic acids is 2. The van der Waals surface area contributed by atoms with Crippen LogP contribution in [-0.4, -0.2) is 33.9 Å². The summed E-state index contributed by atoms with van der Waals surface area (Å²) in [5.74, 6) is -2.45. The van der Waals surface area contributed by atoms with Gasteiger partial charge in [-0.1, -0.05) is 6.08 Å². The van der Waals surface area contributed by atoms with Gasteiger partial charge in [-0.2, -0.15) is 0 Å². The zero-order valence-electron chi connectivity index (χ0n) is 6.36. The Morgan fingerprint density at radius 2 is 1.83 bits per heavy atom. The van der Waals surface area contributed by atoms with Crippen molar-refractivity contribution < 1.29 is 24.9 Å². The maximum atomic E-state index is 10.3. The molecule has 0 saturated heterocycles. The first-order valence-corrected chi connectivity index (χ1v) is 3.33. The van der Waals surface area contributed by atoms with Gasteiger partial charge in [-0.3, -0.25) is 4.79 Å². The van der Waals surface area contributed by atoms with Crippen LogP contribution in [0.4, 0.5) is 0 Å². The molecule has 0 aromatic heterocycles. The standard InChI is InChI=1S/C7H10O5/c8-3-1-2-5(7(11)12)4-6(9)10/h2,8H,1,3-4H2,(H,9,10)(H,11,12). The molecule has 0 spiro atoms. The first-order valence-electron chi connectivity index (χ1n) is 3.33. The van der Waals surface area contributed by atoms with E-state index < -0.39 is 18.4 Å². The maximum Gasteiger partial charge on any atom is 0.331 e. The Labute approximate surface area is 68.9 Å². The van der Waals surface area contributed by atoms with Crippen molar-refractivity contribution in [2.45, 2.75) is 12.8 Å². The molecule has 0 aliphatic rings. The smallest absolute Gasteiger partial charge is 0.331 e. The molecule has 0 bridgehead atoms. The molecule has 0 heterocycles. The molecule has 0 fully saturated rings. The number of hydrogen-bond acceptors (Lipinski definition) is 3. The summed E-state index contributed by atoms with van der Waals surface area (Å²) in [6.45, 7) is -0.184. The van der Waals surface area contributed by atoms with Crippen LogP contribution in [-0.2, 0) is 9.59 Å². The van der Waals surface area contributed by atoms with Crippen molar-refractivity contribution in [1.82, 2.24) is 0 Å². The summed E-state index contributed by atoms with van der Waals surface area (Å²) in [4.78, 5) is 20.4. The molecular formula is C7H10O5. The Hall–Kier alpha value is -1.36. The molecule has 5 nitrogen and oxygen atoms in total. The van der Waals surface area contributed by atoms with E-state index in [9.17, 15) is 9.59 Å². The second-order valence-corrected chi connectivity index (χ2v) is 2.12. The number of aliphatic hydroxyl groups excluding tert-OH is 1. The molecule has 0 unspecified atom stereocenters.